The predicted molar refractivity (Wildman–Crippen MR) is 91.9 cm³/mol. The predicted octanol–water partition coefficient (Wildman–Crippen LogP) is 5.07. The van der Waals surface area contributed by atoms with Gasteiger partial charge in [0.1, 0.15) is 0 Å². The van der Waals surface area contributed by atoms with Crippen molar-refractivity contribution in [1.29, 1.82) is 0 Å². The summed E-state index contributed by atoms with van der Waals surface area (Å²) in [6, 6.07) is 11.9. The van der Waals surface area contributed by atoms with Crippen LogP contribution in [0.1, 0.15) is 16.7 Å². The SMILES string of the molecule is Cc1cccc(C)c1NC(=S)Nc1cccc(Cl)c1C. The van der Waals surface area contributed by atoms with Gasteiger partial charge in [0.2, 0.25) is 0 Å². The van der Waals surface area contributed by atoms with Crippen molar-refractivity contribution in [2.45, 2.75) is 20.8 Å². The third-order valence-electron chi connectivity index (χ3n) is 3.24. The van der Waals surface area contributed by atoms with Crippen LogP contribution in [0, 0.1) is 20.8 Å². The molecule has 0 aromatic heterocycles. The van der Waals surface area contributed by atoms with Gasteiger partial charge in [-0.1, -0.05) is 35.9 Å². The second kappa shape index (κ2) is 6.25. The van der Waals surface area contributed by atoms with E-state index in [4.69, 9.17) is 23.8 Å². The van der Waals surface area contributed by atoms with Crippen molar-refractivity contribution in [2.24, 2.45) is 0 Å². The van der Waals surface area contributed by atoms with E-state index in [2.05, 4.69) is 36.6 Å². The average Bonchev–Trinajstić information content (AvgIpc) is 2.39. The summed E-state index contributed by atoms with van der Waals surface area (Å²) in [5.41, 5.74) is 5.28. The van der Waals surface area contributed by atoms with Gasteiger partial charge in [-0.05, 0) is 61.8 Å². The fourth-order valence-corrected chi connectivity index (χ4v) is 2.41. The van der Waals surface area contributed by atoms with E-state index in [0.717, 1.165) is 33.1 Å². The highest BCUT2D eigenvalue weighted by Gasteiger charge is 2.07. The summed E-state index contributed by atoms with van der Waals surface area (Å²) < 4.78 is 0. The Balaban J connectivity index is 2.16. The number of halogens is 1. The molecule has 0 saturated heterocycles. The summed E-state index contributed by atoms with van der Waals surface area (Å²) in [6.07, 6.45) is 0. The van der Waals surface area contributed by atoms with Gasteiger partial charge in [0.05, 0.1) is 0 Å². The summed E-state index contributed by atoms with van der Waals surface area (Å²) in [4.78, 5) is 0. The van der Waals surface area contributed by atoms with Gasteiger partial charge < -0.3 is 10.6 Å². The first kappa shape index (κ1) is 14.8. The maximum Gasteiger partial charge on any atom is 0.175 e. The van der Waals surface area contributed by atoms with E-state index < -0.39 is 0 Å². The molecule has 2 aromatic rings. The average molecular weight is 305 g/mol. The van der Waals surface area contributed by atoms with Crippen LogP contribution in [-0.4, -0.2) is 5.11 Å². The van der Waals surface area contributed by atoms with Crippen molar-refractivity contribution in [3.63, 3.8) is 0 Å². The van der Waals surface area contributed by atoms with Gasteiger partial charge in [0.15, 0.2) is 5.11 Å². The van der Waals surface area contributed by atoms with Crippen molar-refractivity contribution in [3.8, 4) is 0 Å². The molecule has 4 heteroatoms. The standard InChI is InChI=1S/C16H17ClN2S/c1-10-6-4-7-11(2)15(10)19-16(20)18-14-9-5-8-13(17)12(14)3/h4-9H,1-3H3,(H2,18,19,20). The second-order valence-corrected chi connectivity index (χ2v) is 5.57. The fraction of sp³-hybridized carbons (Fsp3) is 0.188. The lowest BCUT2D eigenvalue weighted by Crippen LogP contribution is -2.20. The summed E-state index contributed by atoms with van der Waals surface area (Å²) in [5, 5.41) is 7.73. The van der Waals surface area contributed by atoms with Gasteiger partial charge in [0.25, 0.3) is 0 Å². The molecule has 2 aromatic carbocycles. The third kappa shape index (κ3) is 3.30. The smallest absolute Gasteiger partial charge is 0.175 e. The first-order chi connectivity index (χ1) is 9.49. The van der Waals surface area contributed by atoms with Gasteiger partial charge in [-0.2, -0.15) is 0 Å². The molecule has 0 bridgehead atoms. The molecule has 2 N–H and O–H groups in total. The van der Waals surface area contributed by atoms with Gasteiger partial charge in [-0.15, -0.1) is 0 Å². The Kier molecular flexibility index (Phi) is 4.63. The highest BCUT2D eigenvalue weighted by Crippen LogP contribution is 2.24. The Hall–Kier alpha value is -1.58. The van der Waals surface area contributed by atoms with Crippen LogP contribution in [0.5, 0.6) is 0 Å². The molecule has 0 spiro atoms. The number of thiocarbonyl (C=S) groups is 1. The lowest BCUT2D eigenvalue weighted by Gasteiger charge is -2.16. The van der Waals surface area contributed by atoms with Crippen molar-refractivity contribution >= 4 is 40.3 Å². The molecule has 104 valence electrons. The van der Waals surface area contributed by atoms with Crippen LogP contribution in [0.3, 0.4) is 0 Å². The molecule has 0 heterocycles. The lowest BCUT2D eigenvalue weighted by molar-refractivity contribution is 1.37. The molecule has 0 amide bonds. The highest BCUT2D eigenvalue weighted by molar-refractivity contribution is 7.80. The van der Waals surface area contributed by atoms with E-state index in [1.807, 2.05) is 31.2 Å². The number of aryl methyl sites for hydroxylation is 2. The summed E-state index contributed by atoms with van der Waals surface area (Å²) in [6.45, 7) is 6.08. The molecule has 0 radical (unpaired) electrons. The number of hydrogen-bond acceptors (Lipinski definition) is 1. The van der Waals surface area contributed by atoms with Crippen molar-refractivity contribution in [2.75, 3.05) is 10.6 Å². The van der Waals surface area contributed by atoms with Crippen molar-refractivity contribution in [3.05, 3.63) is 58.1 Å². The molecular weight excluding hydrogens is 288 g/mol. The number of nitrogens with one attached hydrogen (secondary N) is 2. The van der Waals surface area contributed by atoms with Crippen LogP contribution in [-0.2, 0) is 0 Å². The Morgan fingerprint density at radius 2 is 1.55 bits per heavy atom. The number of rotatable bonds is 2. The quantitative estimate of drug-likeness (QED) is 0.757. The number of benzene rings is 2. The Morgan fingerprint density at radius 1 is 0.950 bits per heavy atom. The second-order valence-electron chi connectivity index (χ2n) is 4.76. The number of para-hydroxylation sites is 1. The molecule has 0 aliphatic rings. The summed E-state index contributed by atoms with van der Waals surface area (Å²) >= 11 is 11.5. The lowest BCUT2D eigenvalue weighted by atomic mass is 10.1. The summed E-state index contributed by atoms with van der Waals surface area (Å²) in [7, 11) is 0. The largest absolute Gasteiger partial charge is 0.332 e. The van der Waals surface area contributed by atoms with Gasteiger partial charge >= 0.3 is 0 Å². The summed E-state index contributed by atoms with van der Waals surface area (Å²) in [5.74, 6) is 0. The molecular formula is C16H17ClN2S. The highest BCUT2D eigenvalue weighted by atomic mass is 35.5. The van der Waals surface area contributed by atoms with E-state index in [1.165, 1.54) is 0 Å². The normalized spacial score (nSPS) is 10.2. The maximum atomic E-state index is 6.10. The zero-order chi connectivity index (χ0) is 14.7. The van der Waals surface area contributed by atoms with E-state index in [-0.39, 0.29) is 0 Å². The van der Waals surface area contributed by atoms with Crippen LogP contribution in [0.25, 0.3) is 0 Å². The van der Waals surface area contributed by atoms with E-state index >= 15 is 0 Å². The zero-order valence-corrected chi connectivity index (χ0v) is 13.3. The molecule has 20 heavy (non-hydrogen) atoms. The van der Waals surface area contributed by atoms with Gasteiger partial charge in [0, 0.05) is 16.4 Å². The zero-order valence-electron chi connectivity index (χ0n) is 11.8. The van der Waals surface area contributed by atoms with Crippen LogP contribution in [0.15, 0.2) is 36.4 Å². The Morgan fingerprint density at radius 3 is 2.20 bits per heavy atom. The molecule has 0 aliphatic carbocycles. The molecule has 0 atom stereocenters. The van der Waals surface area contributed by atoms with Gasteiger partial charge in [-0.25, -0.2) is 0 Å². The molecule has 0 unspecified atom stereocenters. The Bertz CT molecular complexity index is 633. The molecule has 0 saturated carbocycles. The number of anilines is 2. The first-order valence-corrected chi connectivity index (χ1v) is 7.17. The maximum absolute atomic E-state index is 6.10. The molecule has 0 aliphatic heterocycles. The minimum absolute atomic E-state index is 0.563. The minimum atomic E-state index is 0.563. The van der Waals surface area contributed by atoms with Gasteiger partial charge in [-0.3, -0.25) is 0 Å². The molecule has 0 fully saturated rings. The van der Waals surface area contributed by atoms with Crippen LogP contribution < -0.4 is 10.6 Å². The molecule has 2 nitrogen and oxygen atoms in total. The van der Waals surface area contributed by atoms with E-state index in [9.17, 15) is 0 Å². The van der Waals surface area contributed by atoms with E-state index in [1.54, 1.807) is 0 Å². The molecule has 2 rings (SSSR count). The van der Waals surface area contributed by atoms with E-state index in [0.29, 0.717) is 5.11 Å². The van der Waals surface area contributed by atoms with Crippen molar-refractivity contribution in [1.82, 2.24) is 0 Å². The minimum Gasteiger partial charge on any atom is -0.332 e. The van der Waals surface area contributed by atoms with Crippen LogP contribution in [0.2, 0.25) is 5.02 Å². The first-order valence-electron chi connectivity index (χ1n) is 6.38. The Labute approximate surface area is 130 Å². The number of hydrogen-bond donors (Lipinski definition) is 2. The van der Waals surface area contributed by atoms with Crippen LogP contribution in [0.4, 0.5) is 11.4 Å². The third-order valence-corrected chi connectivity index (χ3v) is 3.85. The topological polar surface area (TPSA) is 24.1 Å². The van der Waals surface area contributed by atoms with Crippen molar-refractivity contribution < 1.29 is 0 Å². The monoisotopic (exact) mass is 304 g/mol. The fourth-order valence-electron chi connectivity index (χ4n) is 2.02. The van der Waals surface area contributed by atoms with Crippen LogP contribution >= 0.6 is 23.8 Å².